The van der Waals surface area contributed by atoms with Crippen LogP contribution >= 0.6 is 11.8 Å². The molecule has 0 saturated carbocycles. The number of para-hydroxylation sites is 1. The molecule has 0 unspecified atom stereocenters. The van der Waals surface area contributed by atoms with Crippen molar-refractivity contribution in [1.29, 1.82) is 0 Å². The van der Waals surface area contributed by atoms with Gasteiger partial charge in [-0.05, 0) is 22.6 Å². The van der Waals surface area contributed by atoms with Gasteiger partial charge in [-0.1, -0.05) is 30.0 Å². The lowest BCUT2D eigenvalue weighted by molar-refractivity contribution is -0.394. The molecular formula is C16H10N8O5S. The minimum Gasteiger partial charge on any atom is -0.420 e. The summed E-state index contributed by atoms with van der Waals surface area (Å²) in [5, 5.41) is 41.9. The van der Waals surface area contributed by atoms with E-state index in [0.717, 1.165) is 23.9 Å². The molecule has 0 saturated heterocycles. The van der Waals surface area contributed by atoms with Crippen LogP contribution in [0.1, 0.15) is 5.89 Å². The lowest BCUT2D eigenvalue weighted by Crippen LogP contribution is -1.98. The fraction of sp³-hybridized carbons (Fsp3) is 0.0625. The molecule has 0 aliphatic rings. The summed E-state index contributed by atoms with van der Waals surface area (Å²) in [5.74, 6) is 0.351. The normalized spacial score (nSPS) is 10.8. The molecule has 4 aromatic rings. The lowest BCUT2D eigenvalue weighted by atomic mass is 10.2. The second-order valence-corrected chi connectivity index (χ2v) is 6.69. The molecule has 0 fully saturated rings. The molecule has 150 valence electrons. The van der Waals surface area contributed by atoms with Crippen LogP contribution in [-0.4, -0.2) is 40.3 Å². The molecule has 0 aliphatic carbocycles. The second kappa shape index (κ2) is 8.04. The number of non-ortho nitro benzene ring substituents is 2. The van der Waals surface area contributed by atoms with E-state index in [4.69, 9.17) is 4.42 Å². The van der Waals surface area contributed by atoms with Crippen LogP contribution in [0.4, 0.5) is 11.4 Å². The lowest BCUT2D eigenvalue weighted by Gasteiger charge is -2.02. The molecule has 0 amide bonds. The van der Waals surface area contributed by atoms with Crippen molar-refractivity contribution in [2.24, 2.45) is 0 Å². The molecule has 0 spiro atoms. The first kappa shape index (κ1) is 19.1. The molecule has 0 bridgehead atoms. The maximum Gasteiger partial charge on any atom is 0.277 e. The van der Waals surface area contributed by atoms with Gasteiger partial charge in [0.05, 0.1) is 32.9 Å². The van der Waals surface area contributed by atoms with Crippen molar-refractivity contribution in [3.63, 3.8) is 0 Å². The average Bonchev–Trinajstić information content (AvgIpc) is 3.42. The second-order valence-electron chi connectivity index (χ2n) is 5.75. The number of thioether (sulfide) groups is 1. The van der Waals surface area contributed by atoms with Crippen molar-refractivity contribution in [2.75, 3.05) is 0 Å². The zero-order valence-corrected chi connectivity index (χ0v) is 15.7. The summed E-state index contributed by atoms with van der Waals surface area (Å²) in [6, 6.07) is 12.4. The van der Waals surface area contributed by atoms with Crippen LogP contribution < -0.4 is 0 Å². The van der Waals surface area contributed by atoms with E-state index in [2.05, 4.69) is 25.7 Å². The first-order valence-corrected chi connectivity index (χ1v) is 9.23. The summed E-state index contributed by atoms with van der Waals surface area (Å²) in [6.45, 7) is 0. The van der Waals surface area contributed by atoms with Gasteiger partial charge in [-0.15, -0.1) is 15.3 Å². The number of tetrazole rings is 1. The SMILES string of the molecule is O=[N+]([O-])c1cc(-c2nnc(CSc3nnnn3-c3ccccc3)o2)cc([N+](=O)[O-])c1. The molecular weight excluding hydrogens is 416 g/mol. The van der Waals surface area contributed by atoms with Gasteiger partial charge in [-0.3, -0.25) is 20.2 Å². The Morgan fingerprint density at radius 3 is 2.33 bits per heavy atom. The van der Waals surface area contributed by atoms with Crippen LogP contribution in [-0.2, 0) is 5.75 Å². The van der Waals surface area contributed by atoms with Gasteiger partial charge in [0, 0.05) is 12.1 Å². The van der Waals surface area contributed by atoms with Crippen LogP contribution in [0.3, 0.4) is 0 Å². The molecule has 30 heavy (non-hydrogen) atoms. The van der Waals surface area contributed by atoms with Gasteiger partial charge >= 0.3 is 0 Å². The van der Waals surface area contributed by atoms with E-state index in [-0.39, 0.29) is 23.1 Å². The van der Waals surface area contributed by atoms with Crippen LogP contribution in [0.5, 0.6) is 0 Å². The molecule has 0 N–H and O–H groups in total. The quantitative estimate of drug-likeness (QED) is 0.242. The minimum atomic E-state index is -0.729. The Balaban J connectivity index is 1.54. The molecule has 2 aromatic carbocycles. The van der Waals surface area contributed by atoms with Gasteiger partial charge in [0.1, 0.15) is 0 Å². The monoisotopic (exact) mass is 426 g/mol. The van der Waals surface area contributed by atoms with E-state index in [1.165, 1.54) is 11.8 Å². The van der Waals surface area contributed by atoms with E-state index in [1.54, 1.807) is 4.68 Å². The average molecular weight is 426 g/mol. The standard InChI is InChI=1S/C16H10N8O5S/c25-23(26)12-6-10(7-13(8-12)24(27)28)15-18-17-14(29-15)9-30-16-19-20-21-22(16)11-4-2-1-3-5-11/h1-8H,9H2. The summed E-state index contributed by atoms with van der Waals surface area (Å²) in [7, 11) is 0. The molecule has 14 heteroatoms. The Hall–Kier alpha value is -4.20. The minimum absolute atomic E-state index is 0.0694. The molecule has 2 heterocycles. The zero-order valence-electron chi connectivity index (χ0n) is 14.9. The highest BCUT2D eigenvalue weighted by Crippen LogP contribution is 2.30. The first-order valence-electron chi connectivity index (χ1n) is 8.24. The van der Waals surface area contributed by atoms with Crippen LogP contribution in [0, 0.1) is 20.2 Å². The van der Waals surface area contributed by atoms with E-state index < -0.39 is 21.2 Å². The van der Waals surface area contributed by atoms with Gasteiger partial charge in [-0.2, -0.15) is 4.68 Å². The largest absolute Gasteiger partial charge is 0.420 e. The van der Waals surface area contributed by atoms with Crippen LogP contribution in [0.2, 0.25) is 0 Å². The molecule has 4 rings (SSSR count). The molecule has 13 nitrogen and oxygen atoms in total. The Morgan fingerprint density at radius 1 is 0.967 bits per heavy atom. The number of benzene rings is 2. The van der Waals surface area contributed by atoms with Gasteiger partial charge < -0.3 is 4.42 Å². The number of nitro benzene ring substituents is 2. The number of hydrogen-bond acceptors (Lipinski definition) is 11. The molecule has 0 atom stereocenters. The maximum absolute atomic E-state index is 11.0. The van der Waals surface area contributed by atoms with Crippen molar-refractivity contribution in [3.8, 4) is 17.1 Å². The number of rotatable bonds is 7. The maximum atomic E-state index is 11.0. The van der Waals surface area contributed by atoms with Crippen molar-refractivity contribution in [2.45, 2.75) is 10.9 Å². The number of hydrogen-bond donors (Lipinski definition) is 0. The third kappa shape index (κ3) is 3.97. The van der Waals surface area contributed by atoms with Crippen molar-refractivity contribution >= 4 is 23.1 Å². The third-order valence-corrected chi connectivity index (χ3v) is 4.71. The Bertz CT molecular complexity index is 1190. The fourth-order valence-electron chi connectivity index (χ4n) is 2.48. The first-order chi connectivity index (χ1) is 14.5. The van der Waals surface area contributed by atoms with Crippen molar-refractivity contribution in [1.82, 2.24) is 30.4 Å². The molecule has 0 aliphatic heterocycles. The Kier molecular flexibility index (Phi) is 5.13. The van der Waals surface area contributed by atoms with Crippen LogP contribution in [0.25, 0.3) is 17.1 Å². The third-order valence-electron chi connectivity index (χ3n) is 3.80. The summed E-state index contributed by atoms with van der Waals surface area (Å²) >= 11 is 1.24. The van der Waals surface area contributed by atoms with Gasteiger partial charge in [-0.25, -0.2) is 0 Å². The van der Waals surface area contributed by atoms with Gasteiger partial charge in [0.25, 0.3) is 11.4 Å². The zero-order chi connectivity index (χ0) is 21.1. The van der Waals surface area contributed by atoms with E-state index in [0.29, 0.717) is 5.16 Å². The summed E-state index contributed by atoms with van der Waals surface area (Å²) < 4.78 is 7.06. The van der Waals surface area contributed by atoms with E-state index >= 15 is 0 Å². The summed E-state index contributed by atoms with van der Waals surface area (Å²) in [4.78, 5) is 20.6. The summed E-state index contributed by atoms with van der Waals surface area (Å²) in [6.07, 6.45) is 0. The topological polar surface area (TPSA) is 169 Å². The Morgan fingerprint density at radius 2 is 1.67 bits per heavy atom. The number of nitro groups is 2. The highest BCUT2D eigenvalue weighted by molar-refractivity contribution is 7.98. The highest BCUT2D eigenvalue weighted by Gasteiger charge is 2.20. The number of nitrogens with zero attached hydrogens (tertiary/aromatic N) is 8. The Labute approximate surface area is 171 Å². The predicted molar refractivity (Wildman–Crippen MR) is 102 cm³/mol. The summed E-state index contributed by atoms with van der Waals surface area (Å²) in [5.41, 5.74) is -0.0420. The van der Waals surface area contributed by atoms with Crippen molar-refractivity contribution in [3.05, 3.63) is 74.7 Å². The van der Waals surface area contributed by atoms with Crippen molar-refractivity contribution < 1.29 is 14.3 Å². The molecule has 0 radical (unpaired) electrons. The number of aromatic nitrogens is 6. The fourth-order valence-corrected chi connectivity index (χ4v) is 3.21. The van der Waals surface area contributed by atoms with Gasteiger partial charge in [0.15, 0.2) is 0 Å². The van der Waals surface area contributed by atoms with E-state index in [9.17, 15) is 20.2 Å². The predicted octanol–water partition coefficient (Wildman–Crippen LogP) is 2.82. The van der Waals surface area contributed by atoms with E-state index in [1.807, 2.05) is 30.3 Å². The van der Waals surface area contributed by atoms with Crippen LogP contribution in [0.15, 0.2) is 58.1 Å². The molecule has 2 aromatic heterocycles. The van der Waals surface area contributed by atoms with Gasteiger partial charge in [0.2, 0.25) is 16.9 Å². The smallest absolute Gasteiger partial charge is 0.277 e. The highest BCUT2D eigenvalue weighted by atomic mass is 32.2.